The minimum atomic E-state index is -3.39. The molecule has 2 aromatic rings. The number of aromatic nitrogens is 1. The first-order valence-electron chi connectivity index (χ1n) is 6.04. The van der Waals surface area contributed by atoms with Crippen molar-refractivity contribution in [2.45, 2.75) is 18.3 Å². The first kappa shape index (κ1) is 13.2. The lowest BCUT2D eigenvalue weighted by molar-refractivity contribution is 0.0318. The van der Waals surface area contributed by atoms with Crippen LogP contribution in [0.4, 0.5) is 8.78 Å². The van der Waals surface area contributed by atoms with Gasteiger partial charge in [-0.1, -0.05) is 22.0 Å². The van der Waals surface area contributed by atoms with E-state index in [1.807, 2.05) is 0 Å². The summed E-state index contributed by atoms with van der Waals surface area (Å²) < 4.78 is 28.7. The predicted molar refractivity (Wildman–Crippen MR) is 74.4 cm³/mol. The molecule has 0 N–H and O–H groups in total. The third kappa shape index (κ3) is 2.01. The van der Waals surface area contributed by atoms with Crippen LogP contribution < -0.4 is 0 Å². The van der Waals surface area contributed by atoms with Gasteiger partial charge in [0.2, 0.25) is 0 Å². The maximum atomic E-state index is 13.9. The fourth-order valence-electron chi connectivity index (χ4n) is 2.64. The topological polar surface area (TPSA) is 36.7 Å². The number of hydrogen-bond donors (Lipinski definition) is 0. The number of fused-ring (bicyclic) bond motifs is 3. The highest BCUT2D eigenvalue weighted by atomic mass is 79.9. The molecule has 1 aromatic heterocycles. The summed E-state index contributed by atoms with van der Waals surface area (Å²) >= 11 is 3.36. The van der Waals surface area contributed by atoms with Gasteiger partial charge in [0.1, 0.15) is 6.07 Å². The van der Waals surface area contributed by atoms with Gasteiger partial charge in [0.25, 0.3) is 0 Å². The summed E-state index contributed by atoms with van der Waals surface area (Å²) in [7, 11) is 0. The van der Waals surface area contributed by atoms with Crippen LogP contribution in [0.15, 0.2) is 41.1 Å². The van der Waals surface area contributed by atoms with Crippen molar-refractivity contribution in [2.75, 3.05) is 0 Å². The molecule has 20 heavy (non-hydrogen) atoms. The van der Waals surface area contributed by atoms with E-state index < -0.39 is 11.8 Å². The Balaban J connectivity index is 2.26. The molecule has 0 fully saturated rings. The molecule has 1 unspecified atom stereocenters. The van der Waals surface area contributed by atoms with Crippen LogP contribution in [0.2, 0.25) is 0 Å². The highest BCUT2D eigenvalue weighted by Gasteiger charge is 2.44. The number of nitrogens with zero attached hydrogens (tertiary/aromatic N) is 2. The van der Waals surface area contributed by atoms with Gasteiger partial charge >= 0.3 is 5.92 Å². The summed E-state index contributed by atoms with van der Waals surface area (Å²) in [5.74, 6) is -4.51. The second-order valence-corrected chi connectivity index (χ2v) is 5.67. The van der Waals surface area contributed by atoms with Crippen LogP contribution in [0.3, 0.4) is 0 Å². The van der Waals surface area contributed by atoms with E-state index in [9.17, 15) is 8.78 Å². The molecule has 1 atom stereocenters. The van der Waals surface area contributed by atoms with E-state index in [2.05, 4.69) is 20.9 Å². The average Bonchev–Trinajstić information content (AvgIpc) is 2.46. The van der Waals surface area contributed by atoms with Crippen molar-refractivity contribution in [2.24, 2.45) is 0 Å². The summed E-state index contributed by atoms with van der Waals surface area (Å²) in [5.41, 5.74) is 2.87. The van der Waals surface area contributed by atoms with Gasteiger partial charge in [-0.3, -0.25) is 4.98 Å². The van der Waals surface area contributed by atoms with Crippen molar-refractivity contribution >= 4 is 15.9 Å². The molecule has 1 aliphatic rings. The highest BCUT2D eigenvalue weighted by Crippen LogP contribution is 2.46. The first-order chi connectivity index (χ1) is 9.53. The Kier molecular flexibility index (Phi) is 3.06. The van der Waals surface area contributed by atoms with Crippen molar-refractivity contribution < 1.29 is 8.78 Å². The molecule has 3 rings (SSSR count). The minimum absolute atomic E-state index is 0.146. The minimum Gasteiger partial charge on any atom is -0.264 e. The Morgan fingerprint density at radius 1 is 1.30 bits per heavy atom. The summed E-state index contributed by atoms with van der Waals surface area (Å²) in [4.78, 5) is 4.07. The van der Waals surface area contributed by atoms with Crippen LogP contribution in [0.25, 0.3) is 11.1 Å². The van der Waals surface area contributed by atoms with Crippen molar-refractivity contribution in [3.05, 3.63) is 52.3 Å². The molecule has 0 radical (unpaired) electrons. The van der Waals surface area contributed by atoms with Crippen LogP contribution in [0.1, 0.15) is 17.0 Å². The van der Waals surface area contributed by atoms with Gasteiger partial charge in [-0.2, -0.15) is 14.0 Å². The van der Waals surface area contributed by atoms with Crippen molar-refractivity contribution in [3.63, 3.8) is 0 Å². The quantitative estimate of drug-likeness (QED) is 0.779. The van der Waals surface area contributed by atoms with Crippen LogP contribution in [-0.4, -0.2) is 10.9 Å². The first-order valence-corrected chi connectivity index (χ1v) is 6.84. The Hall–Kier alpha value is -1.80. The van der Waals surface area contributed by atoms with Crippen molar-refractivity contribution in [1.29, 1.82) is 5.26 Å². The number of hydrogen-bond acceptors (Lipinski definition) is 2. The maximum Gasteiger partial charge on any atom is 0.339 e. The van der Waals surface area contributed by atoms with E-state index in [0.717, 1.165) is 21.7 Å². The van der Waals surface area contributed by atoms with Crippen LogP contribution in [-0.2, 0) is 6.42 Å². The zero-order valence-electron chi connectivity index (χ0n) is 10.3. The average molecular weight is 335 g/mol. The number of pyridine rings is 1. The van der Waals surface area contributed by atoms with E-state index in [1.54, 1.807) is 36.7 Å². The molecule has 1 aromatic carbocycles. The summed E-state index contributed by atoms with van der Waals surface area (Å²) in [6, 6.07) is 8.05. The predicted octanol–water partition coefficient (Wildman–Crippen LogP) is 4.31. The number of nitriles is 1. The Morgan fingerprint density at radius 2 is 2.10 bits per heavy atom. The highest BCUT2D eigenvalue weighted by molar-refractivity contribution is 9.10. The monoisotopic (exact) mass is 334 g/mol. The number of benzene rings is 1. The van der Waals surface area contributed by atoms with E-state index >= 15 is 0 Å². The van der Waals surface area contributed by atoms with Gasteiger partial charge in [-0.15, -0.1) is 0 Å². The molecule has 100 valence electrons. The van der Waals surface area contributed by atoms with Crippen molar-refractivity contribution in [1.82, 2.24) is 4.98 Å². The Labute approximate surface area is 123 Å². The fourth-order valence-corrected chi connectivity index (χ4v) is 3.00. The van der Waals surface area contributed by atoms with Crippen molar-refractivity contribution in [3.8, 4) is 17.2 Å². The molecule has 0 aliphatic heterocycles. The maximum absolute atomic E-state index is 13.9. The molecular formula is C15H9BrF2N2. The number of halogens is 3. The lowest BCUT2D eigenvalue weighted by atomic mass is 9.77. The second kappa shape index (κ2) is 4.64. The molecule has 0 bridgehead atoms. The van der Waals surface area contributed by atoms with Gasteiger partial charge in [-0.05, 0) is 41.3 Å². The van der Waals surface area contributed by atoms with Gasteiger partial charge in [0.15, 0.2) is 0 Å². The van der Waals surface area contributed by atoms with E-state index in [-0.39, 0.29) is 6.42 Å². The molecule has 0 spiro atoms. The molecule has 1 heterocycles. The molecule has 0 saturated heterocycles. The molecule has 0 saturated carbocycles. The normalized spacial score (nSPS) is 17.0. The van der Waals surface area contributed by atoms with Crippen LogP contribution in [0.5, 0.6) is 0 Å². The molecular weight excluding hydrogens is 326 g/mol. The molecule has 5 heteroatoms. The standard InChI is InChI=1S/C15H9BrF2N2/c16-10-1-2-11-12(6-10)13-7-20-4-3-9(13)5-14(11)15(17,18)8-19/h1-4,6-7,14H,5H2. The van der Waals surface area contributed by atoms with Gasteiger partial charge in [-0.25, -0.2) is 0 Å². The smallest absolute Gasteiger partial charge is 0.264 e. The Bertz CT molecular complexity index is 722. The largest absolute Gasteiger partial charge is 0.339 e. The molecule has 1 aliphatic carbocycles. The van der Waals surface area contributed by atoms with Crippen LogP contribution in [0, 0.1) is 11.3 Å². The lowest BCUT2D eigenvalue weighted by Crippen LogP contribution is -2.29. The fraction of sp³-hybridized carbons (Fsp3) is 0.200. The third-order valence-corrected chi connectivity index (χ3v) is 4.10. The second-order valence-electron chi connectivity index (χ2n) is 4.76. The summed E-state index contributed by atoms with van der Waals surface area (Å²) in [6.45, 7) is 0. The van der Waals surface area contributed by atoms with E-state index in [0.29, 0.717) is 11.1 Å². The van der Waals surface area contributed by atoms with Gasteiger partial charge in [0, 0.05) is 22.4 Å². The SMILES string of the molecule is N#CC(F)(F)C1Cc2ccncc2-c2cc(Br)ccc21. The van der Waals surface area contributed by atoms with Crippen LogP contribution >= 0.6 is 15.9 Å². The zero-order valence-corrected chi connectivity index (χ0v) is 11.9. The lowest BCUT2D eigenvalue weighted by Gasteiger charge is -2.30. The number of rotatable bonds is 1. The third-order valence-electron chi connectivity index (χ3n) is 3.60. The Morgan fingerprint density at radius 3 is 2.85 bits per heavy atom. The summed E-state index contributed by atoms with van der Waals surface area (Å²) in [6.07, 6.45) is 3.41. The molecule has 0 amide bonds. The van der Waals surface area contributed by atoms with Gasteiger partial charge in [0.05, 0.1) is 5.92 Å². The number of alkyl halides is 2. The zero-order chi connectivity index (χ0) is 14.3. The van der Waals surface area contributed by atoms with Gasteiger partial charge < -0.3 is 0 Å². The van der Waals surface area contributed by atoms with E-state index in [4.69, 9.17) is 5.26 Å². The summed E-state index contributed by atoms with van der Waals surface area (Å²) in [5, 5.41) is 8.75. The van der Waals surface area contributed by atoms with E-state index in [1.165, 1.54) is 0 Å². The molecule has 2 nitrogen and oxygen atoms in total.